The van der Waals surface area contributed by atoms with Gasteiger partial charge in [0, 0.05) is 30.4 Å². The van der Waals surface area contributed by atoms with Crippen LogP contribution in [0.3, 0.4) is 0 Å². The number of ether oxygens (including phenoxy) is 2. The number of nitrogens with zero attached hydrogens (tertiary/aromatic N) is 1. The zero-order valence-electron chi connectivity index (χ0n) is 16.7. The Morgan fingerprint density at radius 3 is 2.50 bits per heavy atom. The lowest BCUT2D eigenvalue weighted by molar-refractivity contribution is -0.122. The van der Waals surface area contributed by atoms with Gasteiger partial charge in [-0.3, -0.25) is 9.59 Å². The molecule has 0 spiro atoms. The molecule has 0 aromatic heterocycles. The molecular formula is C22H26N2O4. The van der Waals surface area contributed by atoms with Gasteiger partial charge in [-0.1, -0.05) is 32.0 Å². The van der Waals surface area contributed by atoms with Crippen LogP contribution >= 0.6 is 0 Å². The van der Waals surface area contributed by atoms with Crippen molar-refractivity contribution >= 4 is 23.2 Å². The highest BCUT2D eigenvalue weighted by Crippen LogP contribution is 2.34. The number of amides is 2. The van der Waals surface area contributed by atoms with Crippen LogP contribution in [0.4, 0.5) is 11.4 Å². The maximum absolute atomic E-state index is 12.8. The molecule has 6 nitrogen and oxygen atoms in total. The Bertz CT molecular complexity index is 879. The fourth-order valence-corrected chi connectivity index (χ4v) is 3.47. The molecule has 1 aliphatic heterocycles. The Morgan fingerprint density at radius 2 is 1.82 bits per heavy atom. The maximum atomic E-state index is 12.8. The standard InChI is InChI=1S/C22H26N2O4/c1-14(2)17-7-5-6-8-18(17)23-22(26)15-11-21(25)24(13-15)16-9-10-19(27-3)20(12-16)28-4/h5-10,12,14-15H,11,13H2,1-4H3,(H,23,26). The van der Waals surface area contributed by atoms with Crippen LogP contribution in [0, 0.1) is 5.92 Å². The first-order chi connectivity index (χ1) is 13.4. The monoisotopic (exact) mass is 382 g/mol. The van der Waals surface area contributed by atoms with Gasteiger partial charge in [0.2, 0.25) is 11.8 Å². The summed E-state index contributed by atoms with van der Waals surface area (Å²) in [7, 11) is 3.11. The Balaban J connectivity index is 1.75. The van der Waals surface area contributed by atoms with Crippen LogP contribution < -0.4 is 19.7 Å². The number of methoxy groups -OCH3 is 2. The molecule has 6 heteroatoms. The van der Waals surface area contributed by atoms with Crippen LogP contribution in [-0.4, -0.2) is 32.6 Å². The minimum absolute atomic E-state index is 0.0792. The fraction of sp³-hybridized carbons (Fsp3) is 0.364. The summed E-state index contributed by atoms with van der Waals surface area (Å²) in [6.07, 6.45) is 0.185. The van der Waals surface area contributed by atoms with E-state index < -0.39 is 5.92 Å². The van der Waals surface area contributed by atoms with E-state index in [1.165, 1.54) is 0 Å². The van der Waals surface area contributed by atoms with Gasteiger partial charge in [-0.05, 0) is 29.7 Å². The van der Waals surface area contributed by atoms with Gasteiger partial charge in [-0.2, -0.15) is 0 Å². The number of anilines is 2. The van der Waals surface area contributed by atoms with E-state index in [0.717, 1.165) is 11.3 Å². The molecule has 1 saturated heterocycles. The van der Waals surface area contributed by atoms with Gasteiger partial charge in [0.1, 0.15) is 0 Å². The number of para-hydroxylation sites is 1. The van der Waals surface area contributed by atoms with Crippen molar-refractivity contribution in [1.82, 2.24) is 0 Å². The van der Waals surface area contributed by atoms with E-state index in [9.17, 15) is 9.59 Å². The van der Waals surface area contributed by atoms with Crippen molar-refractivity contribution in [1.29, 1.82) is 0 Å². The number of carbonyl (C=O) groups excluding carboxylic acids is 2. The summed E-state index contributed by atoms with van der Waals surface area (Å²) in [6, 6.07) is 13.1. The van der Waals surface area contributed by atoms with Crippen LogP contribution in [0.15, 0.2) is 42.5 Å². The molecule has 1 fully saturated rings. The van der Waals surface area contributed by atoms with Crippen LogP contribution in [0.1, 0.15) is 31.7 Å². The van der Waals surface area contributed by atoms with E-state index in [0.29, 0.717) is 29.6 Å². The molecule has 1 aliphatic rings. The molecule has 3 rings (SSSR count). The smallest absolute Gasteiger partial charge is 0.229 e. The largest absolute Gasteiger partial charge is 0.493 e. The highest BCUT2D eigenvalue weighted by atomic mass is 16.5. The van der Waals surface area contributed by atoms with Crippen molar-refractivity contribution in [3.05, 3.63) is 48.0 Å². The lowest BCUT2D eigenvalue weighted by Crippen LogP contribution is -2.28. The van der Waals surface area contributed by atoms with Crippen molar-refractivity contribution in [2.75, 3.05) is 31.0 Å². The number of nitrogens with one attached hydrogen (secondary N) is 1. The molecule has 2 aromatic rings. The van der Waals surface area contributed by atoms with Gasteiger partial charge in [0.15, 0.2) is 11.5 Å². The van der Waals surface area contributed by atoms with E-state index in [1.54, 1.807) is 37.3 Å². The minimum Gasteiger partial charge on any atom is -0.493 e. The molecule has 0 saturated carbocycles. The summed E-state index contributed by atoms with van der Waals surface area (Å²) in [6.45, 7) is 4.51. The van der Waals surface area contributed by atoms with Crippen molar-refractivity contribution in [2.24, 2.45) is 5.92 Å². The van der Waals surface area contributed by atoms with Gasteiger partial charge >= 0.3 is 0 Å². The lowest BCUT2D eigenvalue weighted by Gasteiger charge is -2.19. The Hall–Kier alpha value is -3.02. The molecule has 0 aliphatic carbocycles. The molecule has 0 radical (unpaired) electrons. The molecule has 2 amide bonds. The zero-order chi connectivity index (χ0) is 20.3. The molecule has 0 bridgehead atoms. The first-order valence-corrected chi connectivity index (χ1v) is 9.36. The second-order valence-electron chi connectivity index (χ2n) is 7.18. The van der Waals surface area contributed by atoms with Crippen molar-refractivity contribution in [3.63, 3.8) is 0 Å². The second-order valence-corrected chi connectivity index (χ2v) is 7.18. The van der Waals surface area contributed by atoms with Crippen LogP contribution in [0.25, 0.3) is 0 Å². The van der Waals surface area contributed by atoms with Crippen molar-refractivity contribution < 1.29 is 19.1 Å². The normalized spacial score (nSPS) is 16.4. The number of carbonyl (C=O) groups is 2. The molecule has 1 N–H and O–H groups in total. The molecular weight excluding hydrogens is 356 g/mol. The van der Waals surface area contributed by atoms with Crippen LogP contribution in [0.5, 0.6) is 11.5 Å². The van der Waals surface area contributed by atoms with Gasteiger partial charge in [0.05, 0.1) is 20.1 Å². The quantitative estimate of drug-likeness (QED) is 0.825. The summed E-state index contributed by atoms with van der Waals surface area (Å²) in [5.41, 5.74) is 2.58. The molecule has 1 atom stereocenters. The number of benzene rings is 2. The van der Waals surface area contributed by atoms with Crippen LogP contribution in [0.2, 0.25) is 0 Å². The van der Waals surface area contributed by atoms with Gasteiger partial charge in [-0.25, -0.2) is 0 Å². The van der Waals surface area contributed by atoms with Crippen molar-refractivity contribution in [3.8, 4) is 11.5 Å². The molecule has 28 heavy (non-hydrogen) atoms. The van der Waals surface area contributed by atoms with E-state index in [2.05, 4.69) is 19.2 Å². The zero-order valence-corrected chi connectivity index (χ0v) is 16.7. The Kier molecular flexibility index (Phi) is 5.87. The molecule has 148 valence electrons. The third-order valence-electron chi connectivity index (χ3n) is 5.02. The summed E-state index contributed by atoms with van der Waals surface area (Å²) in [5.74, 6) is 0.823. The summed E-state index contributed by atoms with van der Waals surface area (Å²) in [5, 5.41) is 3.00. The third-order valence-corrected chi connectivity index (χ3v) is 5.02. The Morgan fingerprint density at radius 1 is 1.11 bits per heavy atom. The molecule has 1 unspecified atom stereocenters. The highest BCUT2D eigenvalue weighted by Gasteiger charge is 2.35. The third kappa shape index (κ3) is 3.96. The van der Waals surface area contributed by atoms with E-state index in [-0.39, 0.29) is 18.2 Å². The first-order valence-electron chi connectivity index (χ1n) is 9.36. The number of hydrogen-bond acceptors (Lipinski definition) is 4. The predicted molar refractivity (Wildman–Crippen MR) is 109 cm³/mol. The maximum Gasteiger partial charge on any atom is 0.229 e. The Labute approximate surface area is 165 Å². The molecule has 2 aromatic carbocycles. The fourth-order valence-electron chi connectivity index (χ4n) is 3.47. The van der Waals surface area contributed by atoms with Crippen LogP contribution in [-0.2, 0) is 9.59 Å². The van der Waals surface area contributed by atoms with Crippen molar-refractivity contribution in [2.45, 2.75) is 26.2 Å². The molecule has 1 heterocycles. The summed E-state index contributed by atoms with van der Waals surface area (Å²) in [4.78, 5) is 27.0. The van der Waals surface area contributed by atoms with E-state index in [1.807, 2.05) is 24.3 Å². The average Bonchev–Trinajstić information content (AvgIpc) is 3.09. The van der Waals surface area contributed by atoms with E-state index in [4.69, 9.17) is 9.47 Å². The van der Waals surface area contributed by atoms with Gasteiger partial charge in [0.25, 0.3) is 0 Å². The number of hydrogen-bond donors (Lipinski definition) is 1. The van der Waals surface area contributed by atoms with Gasteiger partial charge < -0.3 is 19.7 Å². The average molecular weight is 382 g/mol. The summed E-state index contributed by atoms with van der Waals surface area (Å²) < 4.78 is 10.6. The minimum atomic E-state index is -0.402. The lowest BCUT2D eigenvalue weighted by atomic mass is 10.0. The number of rotatable bonds is 6. The highest BCUT2D eigenvalue weighted by molar-refractivity contribution is 6.03. The first kappa shape index (κ1) is 19.7. The SMILES string of the molecule is COc1ccc(N2CC(C(=O)Nc3ccccc3C(C)C)CC2=O)cc1OC. The predicted octanol–water partition coefficient (Wildman–Crippen LogP) is 3.82. The topological polar surface area (TPSA) is 67.9 Å². The van der Waals surface area contributed by atoms with Gasteiger partial charge in [-0.15, -0.1) is 0 Å². The summed E-state index contributed by atoms with van der Waals surface area (Å²) >= 11 is 0. The van der Waals surface area contributed by atoms with E-state index >= 15 is 0 Å². The second kappa shape index (κ2) is 8.33.